The zero-order valence-corrected chi connectivity index (χ0v) is 14.8. The molecule has 0 aliphatic rings. The Morgan fingerprint density at radius 1 is 1.19 bits per heavy atom. The van der Waals surface area contributed by atoms with Gasteiger partial charge in [0.15, 0.2) is 5.82 Å². The van der Waals surface area contributed by atoms with E-state index in [0.29, 0.717) is 29.3 Å². The molecule has 0 fully saturated rings. The first-order chi connectivity index (χ1) is 13.1. The molecule has 4 aromatic rings. The molecule has 1 N–H and O–H groups in total. The van der Waals surface area contributed by atoms with E-state index in [-0.39, 0.29) is 0 Å². The van der Waals surface area contributed by atoms with Crippen LogP contribution in [0.5, 0.6) is 5.75 Å². The largest absolute Gasteiger partial charge is 0.494 e. The van der Waals surface area contributed by atoms with Crippen molar-refractivity contribution in [2.24, 2.45) is 7.05 Å². The Kier molecular flexibility index (Phi) is 4.37. The van der Waals surface area contributed by atoms with Gasteiger partial charge in [0.25, 0.3) is 0 Å². The summed E-state index contributed by atoms with van der Waals surface area (Å²) in [6.45, 7) is 2.49. The van der Waals surface area contributed by atoms with Crippen LogP contribution in [0.1, 0.15) is 6.92 Å². The van der Waals surface area contributed by atoms with E-state index in [1.165, 1.54) is 12.3 Å². The van der Waals surface area contributed by atoms with Gasteiger partial charge in [0.2, 0.25) is 5.95 Å². The van der Waals surface area contributed by atoms with E-state index in [1.807, 2.05) is 38.4 Å². The third-order valence-electron chi connectivity index (χ3n) is 3.93. The highest BCUT2D eigenvalue weighted by atomic mass is 19.1. The number of nitrogens with one attached hydrogen (secondary N) is 1. The summed E-state index contributed by atoms with van der Waals surface area (Å²) in [5, 5.41) is 8.22. The van der Waals surface area contributed by atoms with E-state index < -0.39 is 5.95 Å². The molecule has 4 rings (SSSR count). The Hall–Kier alpha value is -3.55. The predicted molar refractivity (Wildman–Crippen MR) is 100 cm³/mol. The number of pyridine rings is 1. The van der Waals surface area contributed by atoms with Crippen LogP contribution in [0.15, 0.2) is 48.9 Å². The lowest BCUT2D eigenvalue weighted by Gasteiger charge is -2.11. The number of halogens is 1. The van der Waals surface area contributed by atoms with Crippen LogP contribution in [0.4, 0.5) is 15.9 Å². The fraction of sp³-hybridized carbons (Fsp3) is 0.158. The normalized spacial score (nSPS) is 10.9. The van der Waals surface area contributed by atoms with Gasteiger partial charge in [-0.05, 0) is 31.2 Å². The Bertz CT molecular complexity index is 1110. The molecule has 136 valence electrons. The summed E-state index contributed by atoms with van der Waals surface area (Å²) < 4.78 is 20.8. The zero-order valence-electron chi connectivity index (χ0n) is 14.8. The van der Waals surface area contributed by atoms with Crippen LogP contribution < -0.4 is 10.1 Å². The molecule has 0 aliphatic heterocycles. The molecule has 0 atom stereocenters. The van der Waals surface area contributed by atoms with Gasteiger partial charge in [-0.3, -0.25) is 4.68 Å². The lowest BCUT2D eigenvalue weighted by molar-refractivity contribution is 0.340. The van der Waals surface area contributed by atoms with E-state index in [1.54, 1.807) is 16.9 Å². The number of aryl methyl sites for hydroxylation is 1. The summed E-state index contributed by atoms with van der Waals surface area (Å²) >= 11 is 0. The van der Waals surface area contributed by atoms with Crippen molar-refractivity contribution in [3.8, 4) is 17.1 Å². The number of ether oxygens (including phenoxy) is 1. The third-order valence-corrected chi connectivity index (χ3v) is 3.93. The molecule has 8 heteroatoms. The van der Waals surface area contributed by atoms with E-state index in [2.05, 4.69) is 25.4 Å². The number of hydrogen-bond donors (Lipinski definition) is 1. The predicted octanol–water partition coefficient (Wildman–Crippen LogP) is 3.71. The van der Waals surface area contributed by atoms with Gasteiger partial charge in [0.1, 0.15) is 11.6 Å². The Morgan fingerprint density at radius 2 is 2.07 bits per heavy atom. The Labute approximate surface area is 154 Å². The van der Waals surface area contributed by atoms with Crippen LogP contribution in [0.3, 0.4) is 0 Å². The van der Waals surface area contributed by atoms with Gasteiger partial charge in [-0.1, -0.05) is 0 Å². The first-order valence-corrected chi connectivity index (χ1v) is 8.44. The molecule has 27 heavy (non-hydrogen) atoms. The molecule has 0 amide bonds. The topological polar surface area (TPSA) is 77.8 Å². The SMILES string of the molecule is CCOc1ccc2nc(-c3ccnc(F)c3)nc(Nc3cnn(C)c3)c2c1. The smallest absolute Gasteiger partial charge is 0.213 e. The van der Waals surface area contributed by atoms with Gasteiger partial charge in [-0.25, -0.2) is 15.0 Å². The van der Waals surface area contributed by atoms with E-state index >= 15 is 0 Å². The fourth-order valence-electron chi connectivity index (χ4n) is 2.75. The molecule has 0 radical (unpaired) electrons. The van der Waals surface area contributed by atoms with Crippen LogP contribution in [0.2, 0.25) is 0 Å². The Morgan fingerprint density at radius 3 is 2.81 bits per heavy atom. The number of aromatic nitrogens is 5. The quantitative estimate of drug-likeness (QED) is 0.544. The standard InChI is InChI=1S/C19H17FN6O/c1-3-27-14-4-5-16-15(9-14)19(23-13-10-22-26(2)11-13)25-18(24-16)12-6-7-21-17(20)8-12/h4-11H,3H2,1-2H3,(H,23,24,25). The van der Waals surface area contributed by atoms with Crippen molar-refractivity contribution in [2.45, 2.75) is 6.92 Å². The van der Waals surface area contributed by atoms with Crippen LogP contribution in [-0.4, -0.2) is 31.3 Å². The third kappa shape index (κ3) is 3.55. The molecule has 0 spiro atoms. The molecule has 0 aliphatic carbocycles. The van der Waals surface area contributed by atoms with E-state index in [4.69, 9.17) is 4.74 Å². The second-order valence-electron chi connectivity index (χ2n) is 5.90. The molecule has 3 aromatic heterocycles. The molecule has 0 unspecified atom stereocenters. The number of hydrogen-bond acceptors (Lipinski definition) is 6. The second kappa shape index (κ2) is 6.99. The van der Waals surface area contributed by atoms with Crippen molar-refractivity contribution < 1.29 is 9.13 Å². The van der Waals surface area contributed by atoms with Crippen LogP contribution in [0.25, 0.3) is 22.3 Å². The average Bonchev–Trinajstić information content (AvgIpc) is 3.07. The van der Waals surface area contributed by atoms with Gasteiger partial charge in [0, 0.05) is 36.5 Å². The molecule has 3 heterocycles. The number of anilines is 2. The number of rotatable bonds is 5. The average molecular weight is 364 g/mol. The highest BCUT2D eigenvalue weighted by Crippen LogP contribution is 2.30. The van der Waals surface area contributed by atoms with Crippen molar-refractivity contribution in [3.63, 3.8) is 0 Å². The minimum Gasteiger partial charge on any atom is -0.494 e. The second-order valence-corrected chi connectivity index (χ2v) is 5.90. The van der Waals surface area contributed by atoms with Crippen molar-refractivity contribution in [1.82, 2.24) is 24.7 Å². The molecule has 0 saturated heterocycles. The lowest BCUT2D eigenvalue weighted by atomic mass is 10.2. The van der Waals surface area contributed by atoms with Gasteiger partial charge < -0.3 is 10.1 Å². The van der Waals surface area contributed by atoms with Crippen molar-refractivity contribution >= 4 is 22.4 Å². The highest BCUT2D eigenvalue weighted by Gasteiger charge is 2.12. The molecule has 1 aromatic carbocycles. The molecule has 7 nitrogen and oxygen atoms in total. The van der Waals surface area contributed by atoms with E-state index in [9.17, 15) is 4.39 Å². The number of nitrogens with zero attached hydrogens (tertiary/aromatic N) is 5. The minimum atomic E-state index is -0.579. The monoisotopic (exact) mass is 364 g/mol. The molecule has 0 bridgehead atoms. The summed E-state index contributed by atoms with van der Waals surface area (Å²) in [5.41, 5.74) is 2.05. The fourth-order valence-corrected chi connectivity index (χ4v) is 2.75. The van der Waals surface area contributed by atoms with Gasteiger partial charge >= 0.3 is 0 Å². The minimum absolute atomic E-state index is 0.402. The van der Waals surface area contributed by atoms with Gasteiger partial charge in [-0.15, -0.1) is 0 Å². The lowest BCUT2D eigenvalue weighted by Crippen LogP contribution is -2.00. The first kappa shape index (κ1) is 16.9. The molecular weight excluding hydrogens is 347 g/mol. The highest BCUT2D eigenvalue weighted by molar-refractivity contribution is 5.93. The summed E-state index contributed by atoms with van der Waals surface area (Å²) in [6, 6.07) is 8.58. The van der Waals surface area contributed by atoms with Crippen LogP contribution in [-0.2, 0) is 7.05 Å². The van der Waals surface area contributed by atoms with E-state index in [0.717, 1.165) is 16.8 Å². The van der Waals surface area contributed by atoms with Crippen molar-refractivity contribution in [2.75, 3.05) is 11.9 Å². The van der Waals surface area contributed by atoms with Gasteiger partial charge in [-0.2, -0.15) is 9.49 Å². The summed E-state index contributed by atoms with van der Waals surface area (Å²) in [5.74, 6) is 1.14. The Balaban J connectivity index is 1.87. The zero-order chi connectivity index (χ0) is 18.8. The first-order valence-electron chi connectivity index (χ1n) is 8.44. The van der Waals surface area contributed by atoms with Crippen LogP contribution in [0, 0.1) is 5.95 Å². The number of benzene rings is 1. The number of fused-ring (bicyclic) bond motifs is 1. The maximum absolute atomic E-state index is 13.5. The van der Waals surface area contributed by atoms with Crippen molar-refractivity contribution in [3.05, 3.63) is 54.9 Å². The summed E-state index contributed by atoms with van der Waals surface area (Å²) in [6.07, 6.45) is 4.93. The van der Waals surface area contributed by atoms with Crippen molar-refractivity contribution in [1.29, 1.82) is 0 Å². The maximum atomic E-state index is 13.5. The van der Waals surface area contributed by atoms with Gasteiger partial charge in [0.05, 0.1) is 24.0 Å². The van der Waals surface area contributed by atoms with Crippen LogP contribution >= 0.6 is 0 Å². The molecule has 0 saturated carbocycles. The molecular formula is C19H17FN6O. The summed E-state index contributed by atoms with van der Waals surface area (Å²) in [4.78, 5) is 12.8. The summed E-state index contributed by atoms with van der Waals surface area (Å²) in [7, 11) is 1.83. The maximum Gasteiger partial charge on any atom is 0.213 e.